The van der Waals surface area contributed by atoms with E-state index in [0.717, 1.165) is 69.2 Å². The quantitative estimate of drug-likeness (QED) is 0.489. The third kappa shape index (κ3) is 6.69. The standard InChI is InChI=1S/C32H42N4O3.ClH/c1-2-27(35-21-11-12-22-35)30(37)33-26-18-10-9-17-25-19-20-28(36(25)32(26)39)31(38)34-29(23-13-5-3-6-14-23)24-15-7-4-8-16-24;/h3-8,13-16,25-29H,2,9-12,17-22H2,1H3,(H,33,37)(H,34,38);1H/t25-,26-,27-,28-;/m0./s1. The van der Waals surface area contributed by atoms with E-state index >= 15 is 0 Å². The Bertz CT molecular complexity index is 1090. The molecule has 5 rings (SSSR count). The van der Waals surface area contributed by atoms with Gasteiger partial charge in [0.05, 0.1) is 12.1 Å². The first-order valence-corrected chi connectivity index (χ1v) is 14.8. The van der Waals surface area contributed by atoms with Crippen LogP contribution in [0.15, 0.2) is 60.7 Å². The molecule has 0 saturated carbocycles. The molecule has 2 aromatic rings. The van der Waals surface area contributed by atoms with E-state index in [-0.39, 0.29) is 48.3 Å². The minimum atomic E-state index is -0.579. The largest absolute Gasteiger partial charge is 0.343 e. The molecule has 0 radical (unpaired) electrons. The van der Waals surface area contributed by atoms with E-state index in [1.165, 1.54) is 0 Å². The third-order valence-corrected chi connectivity index (χ3v) is 8.78. The number of likely N-dealkylation sites (tertiary alicyclic amines) is 1. The molecule has 0 bridgehead atoms. The minimum Gasteiger partial charge on any atom is -0.343 e. The second-order valence-corrected chi connectivity index (χ2v) is 11.3. The molecule has 2 aromatic carbocycles. The lowest BCUT2D eigenvalue weighted by atomic mass is 9.97. The van der Waals surface area contributed by atoms with Gasteiger partial charge in [-0.05, 0) is 69.2 Å². The van der Waals surface area contributed by atoms with Crippen LogP contribution in [0.5, 0.6) is 0 Å². The summed E-state index contributed by atoms with van der Waals surface area (Å²) in [4.78, 5) is 45.3. The van der Waals surface area contributed by atoms with Gasteiger partial charge in [-0.1, -0.05) is 80.4 Å². The predicted molar refractivity (Wildman–Crippen MR) is 159 cm³/mol. The first-order chi connectivity index (χ1) is 19.1. The number of hydrogen-bond donors (Lipinski definition) is 2. The van der Waals surface area contributed by atoms with Crippen molar-refractivity contribution >= 4 is 30.1 Å². The van der Waals surface area contributed by atoms with Crippen molar-refractivity contribution in [1.29, 1.82) is 0 Å². The molecule has 0 aliphatic carbocycles. The van der Waals surface area contributed by atoms with E-state index in [0.29, 0.717) is 12.8 Å². The number of amides is 3. The second kappa shape index (κ2) is 14.1. The molecular weight excluding hydrogens is 524 g/mol. The monoisotopic (exact) mass is 566 g/mol. The van der Waals surface area contributed by atoms with Crippen molar-refractivity contribution in [3.63, 3.8) is 0 Å². The molecule has 3 amide bonds. The fourth-order valence-electron chi connectivity index (χ4n) is 6.74. The maximum absolute atomic E-state index is 14.0. The second-order valence-electron chi connectivity index (χ2n) is 11.3. The lowest BCUT2D eigenvalue weighted by molar-refractivity contribution is -0.145. The van der Waals surface area contributed by atoms with E-state index in [1.807, 2.05) is 72.5 Å². The average molecular weight is 567 g/mol. The zero-order valence-corrected chi connectivity index (χ0v) is 24.3. The SMILES string of the molecule is CC[C@@H](C(=O)N[C@H]1CCCC[C@H]2CC[C@@H](C(=O)NC(c3ccccc3)c3ccccc3)N2C1=O)N1CCCC1.Cl. The van der Waals surface area contributed by atoms with Crippen LogP contribution in [0.1, 0.15) is 81.9 Å². The smallest absolute Gasteiger partial charge is 0.246 e. The number of benzene rings is 2. The summed E-state index contributed by atoms with van der Waals surface area (Å²) in [5, 5.41) is 6.40. The molecule has 7 nitrogen and oxygen atoms in total. The van der Waals surface area contributed by atoms with Gasteiger partial charge in [0.1, 0.15) is 12.1 Å². The summed E-state index contributed by atoms with van der Waals surface area (Å²) >= 11 is 0. The van der Waals surface area contributed by atoms with Crippen LogP contribution in [0.3, 0.4) is 0 Å². The molecule has 3 saturated heterocycles. The third-order valence-electron chi connectivity index (χ3n) is 8.78. The van der Waals surface area contributed by atoms with Gasteiger partial charge in [-0.3, -0.25) is 19.3 Å². The molecule has 3 aliphatic rings. The van der Waals surface area contributed by atoms with Crippen molar-refractivity contribution in [2.45, 2.75) is 94.9 Å². The number of nitrogens with zero attached hydrogens (tertiary/aromatic N) is 2. The lowest BCUT2D eigenvalue weighted by Gasteiger charge is -2.36. The van der Waals surface area contributed by atoms with E-state index in [4.69, 9.17) is 0 Å². The fourth-order valence-corrected chi connectivity index (χ4v) is 6.74. The van der Waals surface area contributed by atoms with Crippen LogP contribution in [0.25, 0.3) is 0 Å². The van der Waals surface area contributed by atoms with Crippen LogP contribution in [-0.4, -0.2) is 64.8 Å². The van der Waals surface area contributed by atoms with Gasteiger partial charge in [0.2, 0.25) is 17.7 Å². The molecule has 0 aromatic heterocycles. The van der Waals surface area contributed by atoms with Gasteiger partial charge in [-0.2, -0.15) is 0 Å². The predicted octanol–water partition coefficient (Wildman–Crippen LogP) is 4.61. The number of fused-ring (bicyclic) bond motifs is 1. The van der Waals surface area contributed by atoms with Gasteiger partial charge in [-0.25, -0.2) is 0 Å². The molecule has 2 N–H and O–H groups in total. The molecule has 40 heavy (non-hydrogen) atoms. The molecule has 3 heterocycles. The Hall–Kier alpha value is -2.90. The van der Waals surface area contributed by atoms with Crippen molar-refractivity contribution in [2.75, 3.05) is 13.1 Å². The maximum Gasteiger partial charge on any atom is 0.246 e. The normalized spacial score (nSPS) is 24.0. The van der Waals surface area contributed by atoms with Crippen molar-refractivity contribution in [2.24, 2.45) is 0 Å². The summed E-state index contributed by atoms with van der Waals surface area (Å²) in [5.41, 5.74) is 2.01. The van der Waals surface area contributed by atoms with Gasteiger partial charge in [0.15, 0.2) is 0 Å². The Morgan fingerprint density at radius 3 is 2.05 bits per heavy atom. The van der Waals surface area contributed by atoms with Gasteiger partial charge in [-0.15, -0.1) is 12.4 Å². The molecule has 0 unspecified atom stereocenters. The highest BCUT2D eigenvalue weighted by molar-refractivity contribution is 5.94. The van der Waals surface area contributed by atoms with Crippen molar-refractivity contribution < 1.29 is 14.4 Å². The molecule has 216 valence electrons. The first kappa shape index (κ1) is 30.1. The summed E-state index contributed by atoms with van der Waals surface area (Å²) in [7, 11) is 0. The first-order valence-electron chi connectivity index (χ1n) is 14.8. The number of hydrogen-bond acceptors (Lipinski definition) is 4. The highest BCUT2D eigenvalue weighted by atomic mass is 35.5. The lowest BCUT2D eigenvalue weighted by Crippen LogP contribution is -2.58. The fraction of sp³-hybridized carbons (Fsp3) is 0.531. The van der Waals surface area contributed by atoms with E-state index in [1.54, 1.807) is 0 Å². The molecule has 0 spiro atoms. The van der Waals surface area contributed by atoms with Crippen LogP contribution in [0, 0.1) is 0 Å². The van der Waals surface area contributed by atoms with Gasteiger partial charge < -0.3 is 15.5 Å². The Kier molecular flexibility index (Phi) is 10.6. The Balaban J connectivity index is 0.00000370. The van der Waals surface area contributed by atoms with Crippen LogP contribution in [0.2, 0.25) is 0 Å². The van der Waals surface area contributed by atoms with E-state index in [9.17, 15) is 14.4 Å². The van der Waals surface area contributed by atoms with Gasteiger partial charge in [0.25, 0.3) is 0 Å². The van der Waals surface area contributed by atoms with Gasteiger partial charge >= 0.3 is 0 Å². The van der Waals surface area contributed by atoms with E-state index in [2.05, 4.69) is 15.5 Å². The summed E-state index contributed by atoms with van der Waals surface area (Å²) < 4.78 is 0. The Labute approximate surface area is 244 Å². The van der Waals surface area contributed by atoms with Crippen LogP contribution >= 0.6 is 12.4 Å². The van der Waals surface area contributed by atoms with Crippen molar-refractivity contribution in [1.82, 2.24) is 20.4 Å². The van der Waals surface area contributed by atoms with Crippen molar-refractivity contribution in [3.8, 4) is 0 Å². The molecular formula is C32H43ClN4O3. The number of nitrogens with one attached hydrogen (secondary N) is 2. The van der Waals surface area contributed by atoms with E-state index < -0.39 is 12.1 Å². The Morgan fingerprint density at radius 1 is 0.850 bits per heavy atom. The highest BCUT2D eigenvalue weighted by Crippen LogP contribution is 2.32. The number of carbonyl (C=O) groups excluding carboxylic acids is 3. The highest BCUT2D eigenvalue weighted by Gasteiger charge is 2.44. The molecule has 8 heteroatoms. The van der Waals surface area contributed by atoms with Crippen molar-refractivity contribution in [3.05, 3.63) is 71.8 Å². The zero-order valence-electron chi connectivity index (χ0n) is 23.5. The molecule has 4 atom stereocenters. The summed E-state index contributed by atoms with van der Waals surface area (Å²) in [5.74, 6) is -0.279. The van der Waals surface area contributed by atoms with Crippen LogP contribution in [-0.2, 0) is 14.4 Å². The average Bonchev–Trinajstić information content (AvgIpc) is 3.64. The summed E-state index contributed by atoms with van der Waals surface area (Å²) in [6, 6.07) is 18.4. The Morgan fingerprint density at radius 2 is 1.45 bits per heavy atom. The topological polar surface area (TPSA) is 81.8 Å². The summed E-state index contributed by atoms with van der Waals surface area (Å²) in [6.45, 7) is 3.91. The van der Waals surface area contributed by atoms with Crippen LogP contribution in [0.4, 0.5) is 0 Å². The number of carbonyl (C=O) groups is 3. The zero-order chi connectivity index (χ0) is 27.2. The number of halogens is 1. The molecule has 3 fully saturated rings. The number of rotatable bonds is 8. The van der Waals surface area contributed by atoms with Gasteiger partial charge in [0, 0.05) is 6.04 Å². The maximum atomic E-state index is 14.0. The minimum absolute atomic E-state index is 0. The van der Waals surface area contributed by atoms with Crippen LogP contribution < -0.4 is 10.6 Å². The molecule has 3 aliphatic heterocycles. The summed E-state index contributed by atoms with van der Waals surface area (Å²) in [6.07, 6.45) is 7.85.